The number of benzene rings is 3. The van der Waals surface area contributed by atoms with Gasteiger partial charge in [-0.15, -0.1) is 0 Å². The van der Waals surface area contributed by atoms with Gasteiger partial charge in [0.05, 0.1) is 0 Å². The summed E-state index contributed by atoms with van der Waals surface area (Å²) in [5.74, 6) is -0.186. The molecular formula is C21H18ClFO2. The van der Waals surface area contributed by atoms with Gasteiger partial charge in [-0.3, -0.25) is 0 Å². The summed E-state index contributed by atoms with van der Waals surface area (Å²) in [6.07, 6.45) is 1.55. The molecule has 25 heavy (non-hydrogen) atoms. The second-order valence-electron chi connectivity index (χ2n) is 7.32. The summed E-state index contributed by atoms with van der Waals surface area (Å²) in [6.45, 7) is 4.18. The van der Waals surface area contributed by atoms with Gasteiger partial charge in [0.1, 0.15) is 17.3 Å². The molecule has 4 heteroatoms. The Morgan fingerprint density at radius 3 is 2.52 bits per heavy atom. The molecular weight excluding hydrogens is 339 g/mol. The molecule has 0 bridgehead atoms. The quantitative estimate of drug-likeness (QED) is 0.567. The first-order chi connectivity index (χ1) is 11.8. The minimum Gasteiger partial charge on any atom is -0.508 e. The lowest BCUT2D eigenvalue weighted by molar-refractivity contribution is 0.439. The van der Waals surface area contributed by atoms with Gasteiger partial charge in [0.15, 0.2) is 0 Å². The summed E-state index contributed by atoms with van der Waals surface area (Å²) in [7, 11) is 0. The Kier molecular flexibility index (Phi) is 3.48. The predicted octanol–water partition coefficient (Wildman–Crippen LogP) is 5.93. The fourth-order valence-electron chi connectivity index (χ4n) is 4.00. The van der Waals surface area contributed by atoms with Crippen molar-refractivity contribution < 1.29 is 14.6 Å². The Hall–Kier alpha value is -2.26. The van der Waals surface area contributed by atoms with E-state index in [9.17, 15) is 14.6 Å². The normalized spacial score (nSPS) is 15.5. The zero-order chi connectivity index (χ0) is 17.9. The molecule has 2 N–H and O–H groups in total. The summed E-state index contributed by atoms with van der Waals surface area (Å²) in [5.41, 5.74) is 2.28. The highest BCUT2D eigenvalue weighted by molar-refractivity contribution is 6.30. The van der Waals surface area contributed by atoms with Crippen LogP contribution in [-0.4, -0.2) is 10.2 Å². The van der Waals surface area contributed by atoms with Gasteiger partial charge < -0.3 is 10.2 Å². The van der Waals surface area contributed by atoms with Crippen molar-refractivity contribution in [3.8, 4) is 22.6 Å². The first-order valence-electron chi connectivity index (χ1n) is 8.26. The SMILES string of the molecule is CC1(C)CCc2c(O)ccc3cc(O)c(-c4ccc(Cl)cc4F)c1c23. The number of hydrogen-bond acceptors (Lipinski definition) is 2. The van der Waals surface area contributed by atoms with Gasteiger partial charge in [0.2, 0.25) is 0 Å². The van der Waals surface area contributed by atoms with E-state index in [0.717, 1.165) is 34.7 Å². The van der Waals surface area contributed by atoms with Gasteiger partial charge in [-0.25, -0.2) is 4.39 Å². The topological polar surface area (TPSA) is 40.5 Å². The van der Waals surface area contributed by atoms with Crippen LogP contribution in [-0.2, 0) is 11.8 Å². The van der Waals surface area contributed by atoms with Gasteiger partial charge in [0.25, 0.3) is 0 Å². The summed E-state index contributed by atoms with van der Waals surface area (Å²) in [4.78, 5) is 0. The van der Waals surface area contributed by atoms with E-state index >= 15 is 0 Å². The van der Waals surface area contributed by atoms with Crippen molar-refractivity contribution in [2.45, 2.75) is 32.1 Å². The molecule has 0 aliphatic heterocycles. The number of phenols is 2. The Balaban J connectivity index is 2.20. The van der Waals surface area contributed by atoms with Crippen LogP contribution in [0.4, 0.5) is 4.39 Å². The van der Waals surface area contributed by atoms with Gasteiger partial charge in [0, 0.05) is 21.7 Å². The Bertz CT molecular complexity index is 1020. The molecule has 0 amide bonds. The standard InChI is InChI=1S/C21H18ClFO2/c1-21(2)8-7-14-16(24)6-3-11-9-17(25)19(20(21)18(11)14)13-5-4-12(22)10-15(13)23/h3-6,9-10,24-25H,7-8H2,1-2H3. The van der Waals surface area contributed by atoms with Crippen molar-refractivity contribution in [1.29, 1.82) is 0 Å². The molecule has 0 radical (unpaired) electrons. The van der Waals surface area contributed by atoms with E-state index in [4.69, 9.17) is 11.6 Å². The number of phenolic OH excluding ortho intramolecular Hbond substituents is 2. The van der Waals surface area contributed by atoms with Crippen LogP contribution in [0.15, 0.2) is 36.4 Å². The van der Waals surface area contributed by atoms with Crippen molar-refractivity contribution in [2.75, 3.05) is 0 Å². The number of aromatic hydroxyl groups is 2. The van der Waals surface area contributed by atoms with Crippen LogP contribution in [0.1, 0.15) is 31.4 Å². The van der Waals surface area contributed by atoms with Crippen LogP contribution in [0.3, 0.4) is 0 Å². The maximum atomic E-state index is 14.6. The van der Waals surface area contributed by atoms with Crippen molar-refractivity contribution in [3.05, 3.63) is 58.4 Å². The van der Waals surface area contributed by atoms with Crippen molar-refractivity contribution in [1.82, 2.24) is 0 Å². The molecule has 1 aliphatic rings. The van der Waals surface area contributed by atoms with E-state index in [1.165, 1.54) is 6.07 Å². The van der Waals surface area contributed by atoms with Crippen LogP contribution in [0.2, 0.25) is 5.02 Å². The summed E-state index contributed by atoms with van der Waals surface area (Å²) < 4.78 is 14.6. The highest BCUT2D eigenvalue weighted by Crippen LogP contribution is 2.51. The average molecular weight is 357 g/mol. The fourth-order valence-corrected chi connectivity index (χ4v) is 4.16. The summed E-state index contributed by atoms with van der Waals surface area (Å²) >= 11 is 5.89. The lowest BCUT2D eigenvalue weighted by atomic mass is 9.69. The van der Waals surface area contributed by atoms with Gasteiger partial charge in [-0.2, -0.15) is 0 Å². The first-order valence-corrected chi connectivity index (χ1v) is 8.64. The lowest BCUT2D eigenvalue weighted by Crippen LogP contribution is -2.24. The van der Waals surface area contributed by atoms with E-state index in [2.05, 4.69) is 13.8 Å². The maximum Gasteiger partial charge on any atom is 0.132 e. The summed E-state index contributed by atoms with van der Waals surface area (Å²) in [6, 6.07) is 9.57. The number of halogens is 2. The highest BCUT2D eigenvalue weighted by Gasteiger charge is 2.34. The van der Waals surface area contributed by atoms with E-state index in [-0.39, 0.29) is 16.9 Å². The largest absolute Gasteiger partial charge is 0.508 e. The second-order valence-corrected chi connectivity index (χ2v) is 7.75. The van der Waals surface area contributed by atoms with Crippen molar-refractivity contribution in [2.24, 2.45) is 0 Å². The molecule has 0 saturated heterocycles. The molecule has 0 unspecified atom stereocenters. The average Bonchev–Trinajstić information content (AvgIpc) is 2.53. The predicted molar refractivity (Wildman–Crippen MR) is 99.0 cm³/mol. The molecule has 4 rings (SSSR count). The third-order valence-corrected chi connectivity index (χ3v) is 5.48. The van der Waals surface area contributed by atoms with Crippen LogP contribution in [0, 0.1) is 5.82 Å². The molecule has 128 valence electrons. The second kappa shape index (κ2) is 5.37. The molecule has 0 spiro atoms. The van der Waals surface area contributed by atoms with Crippen LogP contribution in [0.5, 0.6) is 11.5 Å². The van der Waals surface area contributed by atoms with Crippen LogP contribution in [0.25, 0.3) is 21.9 Å². The number of hydrogen-bond donors (Lipinski definition) is 2. The molecule has 0 aromatic heterocycles. The molecule has 3 aromatic carbocycles. The Morgan fingerprint density at radius 1 is 1.04 bits per heavy atom. The molecule has 0 atom stereocenters. The minimum atomic E-state index is -0.471. The number of aryl methyl sites for hydroxylation is 1. The fraction of sp³-hybridized carbons (Fsp3) is 0.238. The Labute approximate surface area is 150 Å². The molecule has 0 saturated carbocycles. The molecule has 0 heterocycles. The molecule has 3 aromatic rings. The zero-order valence-corrected chi connectivity index (χ0v) is 14.8. The third kappa shape index (κ3) is 2.37. The van der Waals surface area contributed by atoms with E-state index < -0.39 is 5.82 Å². The van der Waals surface area contributed by atoms with E-state index in [1.807, 2.05) is 0 Å². The van der Waals surface area contributed by atoms with Gasteiger partial charge in [-0.05, 0) is 64.9 Å². The van der Waals surface area contributed by atoms with Crippen LogP contribution >= 0.6 is 11.6 Å². The van der Waals surface area contributed by atoms with E-state index in [0.29, 0.717) is 16.1 Å². The van der Waals surface area contributed by atoms with Gasteiger partial charge in [-0.1, -0.05) is 31.5 Å². The Morgan fingerprint density at radius 2 is 1.80 bits per heavy atom. The van der Waals surface area contributed by atoms with Crippen LogP contribution < -0.4 is 0 Å². The zero-order valence-electron chi connectivity index (χ0n) is 14.0. The summed E-state index contributed by atoms with van der Waals surface area (Å²) in [5, 5.41) is 23.1. The van der Waals surface area contributed by atoms with E-state index in [1.54, 1.807) is 30.3 Å². The van der Waals surface area contributed by atoms with Gasteiger partial charge >= 0.3 is 0 Å². The molecule has 1 aliphatic carbocycles. The monoisotopic (exact) mass is 356 g/mol. The highest BCUT2D eigenvalue weighted by atomic mass is 35.5. The maximum absolute atomic E-state index is 14.6. The number of rotatable bonds is 1. The van der Waals surface area contributed by atoms with Crippen molar-refractivity contribution in [3.63, 3.8) is 0 Å². The first kappa shape index (κ1) is 16.2. The lowest BCUT2D eigenvalue weighted by Gasteiger charge is -2.35. The minimum absolute atomic E-state index is 0.0373. The molecule has 2 nitrogen and oxygen atoms in total. The third-order valence-electron chi connectivity index (χ3n) is 5.25. The smallest absolute Gasteiger partial charge is 0.132 e. The molecule has 0 fully saturated rings. The van der Waals surface area contributed by atoms with Crippen molar-refractivity contribution >= 4 is 22.4 Å².